The summed E-state index contributed by atoms with van der Waals surface area (Å²) in [5, 5.41) is 10.0. The minimum atomic E-state index is -0.521. The molecule has 90 valence electrons. The highest BCUT2D eigenvalue weighted by molar-refractivity contribution is 5.32. The molecule has 1 heterocycles. The summed E-state index contributed by atoms with van der Waals surface area (Å²) in [5.41, 5.74) is 6.55. The van der Waals surface area contributed by atoms with Gasteiger partial charge in [0.25, 0.3) is 0 Å². The largest absolute Gasteiger partial charge is 0.390 e. The highest BCUT2D eigenvalue weighted by Gasteiger charge is 2.22. The maximum atomic E-state index is 10.0. The van der Waals surface area contributed by atoms with E-state index in [1.165, 1.54) is 0 Å². The molecule has 2 unspecified atom stereocenters. The Morgan fingerprint density at radius 3 is 2.69 bits per heavy atom. The van der Waals surface area contributed by atoms with Crippen LogP contribution in [0.3, 0.4) is 0 Å². The monoisotopic (exact) mass is 224 g/mol. The van der Waals surface area contributed by atoms with E-state index in [1.807, 2.05) is 19.9 Å². The van der Waals surface area contributed by atoms with Gasteiger partial charge in [0.2, 0.25) is 0 Å². The summed E-state index contributed by atoms with van der Waals surface area (Å²) in [7, 11) is 1.62. The molecule has 0 aliphatic rings. The first-order chi connectivity index (χ1) is 7.54. The first-order valence-electron chi connectivity index (χ1n) is 5.46. The number of aliphatic hydroxyl groups excluding tert-OH is 1. The predicted octanol–water partition coefficient (Wildman–Crippen LogP) is 1.24. The van der Waals surface area contributed by atoms with Gasteiger partial charge in [-0.25, -0.2) is 4.98 Å². The van der Waals surface area contributed by atoms with Crippen LogP contribution in [0, 0.1) is 5.92 Å². The van der Waals surface area contributed by atoms with Crippen molar-refractivity contribution in [1.82, 2.24) is 4.98 Å². The lowest BCUT2D eigenvalue weighted by Crippen LogP contribution is -2.34. The zero-order valence-corrected chi connectivity index (χ0v) is 10.1. The average Bonchev–Trinajstić information content (AvgIpc) is 2.17. The highest BCUT2D eigenvalue weighted by Crippen LogP contribution is 2.15. The minimum Gasteiger partial charge on any atom is -0.390 e. The molecular weight excluding hydrogens is 204 g/mol. The first kappa shape index (κ1) is 12.9. The smallest absolute Gasteiger partial charge is 0.123 e. The maximum Gasteiger partial charge on any atom is 0.123 e. The third-order valence-corrected chi connectivity index (χ3v) is 2.60. The number of nitrogens with two attached hydrogens (primary N) is 1. The van der Waals surface area contributed by atoms with Crippen LogP contribution in [0.25, 0.3) is 0 Å². The molecule has 0 saturated heterocycles. The van der Waals surface area contributed by atoms with Crippen LogP contribution in [0.15, 0.2) is 18.3 Å². The number of nitrogens with zero attached hydrogens (tertiary/aromatic N) is 1. The van der Waals surface area contributed by atoms with Crippen LogP contribution >= 0.6 is 0 Å². The number of anilines is 1. The fraction of sp³-hybridized carbons (Fsp3) is 0.583. The molecule has 0 aliphatic carbocycles. The van der Waals surface area contributed by atoms with Gasteiger partial charge in [0.1, 0.15) is 5.82 Å². The minimum absolute atomic E-state index is 0.158. The van der Waals surface area contributed by atoms with E-state index in [0.717, 1.165) is 5.56 Å². The molecule has 0 aromatic carbocycles. The van der Waals surface area contributed by atoms with Gasteiger partial charge < -0.3 is 15.6 Å². The van der Waals surface area contributed by atoms with Gasteiger partial charge in [-0.2, -0.15) is 0 Å². The van der Waals surface area contributed by atoms with Gasteiger partial charge in [0.05, 0.1) is 12.2 Å². The summed E-state index contributed by atoms with van der Waals surface area (Å²) >= 11 is 0. The first-order valence-corrected chi connectivity index (χ1v) is 5.46. The summed E-state index contributed by atoms with van der Waals surface area (Å²) in [6.45, 7) is 4.05. The zero-order valence-electron chi connectivity index (χ0n) is 10.1. The Kier molecular flexibility index (Phi) is 4.71. The van der Waals surface area contributed by atoms with Crippen molar-refractivity contribution in [1.29, 1.82) is 0 Å². The summed E-state index contributed by atoms with van der Waals surface area (Å²) < 4.78 is 5.28. The molecule has 3 N–H and O–H groups in total. The molecule has 1 aromatic heterocycles. The Bertz CT molecular complexity index is 329. The molecule has 0 amide bonds. The normalized spacial score (nSPS) is 15.1. The molecule has 1 aromatic rings. The fourth-order valence-electron chi connectivity index (χ4n) is 1.85. The van der Waals surface area contributed by atoms with E-state index in [9.17, 15) is 5.11 Å². The maximum absolute atomic E-state index is 10.0. The van der Waals surface area contributed by atoms with Crippen molar-refractivity contribution in [2.24, 2.45) is 5.92 Å². The van der Waals surface area contributed by atoms with Crippen molar-refractivity contribution in [3.63, 3.8) is 0 Å². The lowest BCUT2D eigenvalue weighted by molar-refractivity contribution is -0.0367. The van der Waals surface area contributed by atoms with Crippen LogP contribution in [0.1, 0.15) is 19.4 Å². The van der Waals surface area contributed by atoms with E-state index in [4.69, 9.17) is 10.5 Å². The second-order valence-corrected chi connectivity index (χ2v) is 4.30. The van der Waals surface area contributed by atoms with Crippen molar-refractivity contribution < 1.29 is 9.84 Å². The summed E-state index contributed by atoms with van der Waals surface area (Å²) in [6.07, 6.45) is 1.50. The van der Waals surface area contributed by atoms with Crippen molar-refractivity contribution in [2.45, 2.75) is 32.5 Å². The van der Waals surface area contributed by atoms with Gasteiger partial charge >= 0.3 is 0 Å². The topological polar surface area (TPSA) is 68.4 Å². The molecule has 0 radical (unpaired) electrons. The van der Waals surface area contributed by atoms with Crippen molar-refractivity contribution in [2.75, 3.05) is 12.8 Å². The van der Waals surface area contributed by atoms with E-state index in [2.05, 4.69) is 4.98 Å². The van der Waals surface area contributed by atoms with Gasteiger partial charge in [0, 0.05) is 19.7 Å². The van der Waals surface area contributed by atoms with Crippen molar-refractivity contribution >= 4 is 5.82 Å². The standard InChI is InChI=1S/C12H20N2O2/c1-8(2)12(16-3)10(15)6-9-4-5-14-11(13)7-9/h4-5,7-8,10,12,15H,6H2,1-3H3,(H2,13,14). The van der Waals surface area contributed by atoms with E-state index in [0.29, 0.717) is 12.2 Å². The van der Waals surface area contributed by atoms with Gasteiger partial charge in [0.15, 0.2) is 0 Å². The number of pyridine rings is 1. The fourth-order valence-corrected chi connectivity index (χ4v) is 1.85. The third-order valence-electron chi connectivity index (χ3n) is 2.60. The van der Waals surface area contributed by atoms with Crippen LogP contribution in [0.2, 0.25) is 0 Å². The van der Waals surface area contributed by atoms with Crippen LogP contribution < -0.4 is 5.73 Å². The molecule has 4 heteroatoms. The molecule has 0 aliphatic heterocycles. The van der Waals surface area contributed by atoms with Crippen molar-refractivity contribution in [3.05, 3.63) is 23.9 Å². The molecule has 2 atom stereocenters. The number of hydrogen-bond donors (Lipinski definition) is 2. The molecule has 0 bridgehead atoms. The van der Waals surface area contributed by atoms with E-state index in [-0.39, 0.29) is 12.0 Å². The van der Waals surface area contributed by atoms with Gasteiger partial charge in [-0.15, -0.1) is 0 Å². The SMILES string of the molecule is COC(C(C)C)C(O)Cc1ccnc(N)c1. The van der Waals surface area contributed by atoms with Crippen LogP contribution in [-0.4, -0.2) is 29.4 Å². The zero-order chi connectivity index (χ0) is 12.1. The number of nitrogen functional groups attached to an aromatic ring is 1. The molecule has 16 heavy (non-hydrogen) atoms. The van der Waals surface area contributed by atoms with Gasteiger partial charge in [-0.05, 0) is 23.6 Å². The summed E-state index contributed by atoms with van der Waals surface area (Å²) in [4.78, 5) is 3.91. The van der Waals surface area contributed by atoms with Crippen LogP contribution in [0.5, 0.6) is 0 Å². The number of rotatable bonds is 5. The molecule has 1 rings (SSSR count). The summed E-state index contributed by atoms with van der Waals surface area (Å²) in [6, 6.07) is 3.63. The Morgan fingerprint density at radius 1 is 1.50 bits per heavy atom. The number of methoxy groups -OCH3 is 1. The number of hydrogen-bond acceptors (Lipinski definition) is 4. The average molecular weight is 224 g/mol. The quantitative estimate of drug-likeness (QED) is 0.789. The van der Waals surface area contributed by atoms with Gasteiger partial charge in [-0.3, -0.25) is 0 Å². The number of aliphatic hydroxyl groups is 1. The summed E-state index contributed by atoms with van der Waals surface area (Å²) in [5.74, 6) is 0.752. The van der Waals surface area contributed by atoms with Crippen molar-refractivity contribution in [3.8, 4) is 0 Å². The second kappa shape index (κ2) is 5.82. The van der Waals surface area contributed by atoms with Crippen LogP contribution in [0.4, 0.5) is 5.82 Å². The Hall–Kier alpha value is -1.13. The Morgan fingerprint density at radius 2 is 2.19 bits per heavy atom. The van der Waals surface area contributed by atoms with Gasteiger partial charge in [-0.1, -0.05) is 13.8 Å². The van der Waals surface area contributed by atoms with E-state index >= 15 is 0 Å². The number of ether oxygens (including phenoxy) is 1. The molecular formula is C12H20N2O2. The predicted molar refractivity (Wildman–Crippen MR) is 64.0 cm³/mol. The Balaban J connectivity index is 2.66. The molecule has 0 spiro atoms. The van der Waals surface area contributed by atoms with Crippen LogP contribution in [-0.2, 0) is 11.2 Å². The lowest BCUT2D eigenvalue weighted by Gasteiger charge is -2.25. The lowest BCUT2D eigenvalue weighted by atomic mass is 9.96. The Labute approximate surface area is 96.5 Å². The molecule has 0 saturated carbocycles. The second-order valence-electron chi connectivity index (χ2n) is 4.30. The number of aromatic nitrogens is 1. The molecule has 0 fully saturated rings. The van der Waals surface area contributed by atoms with E-state index in [1.54, 1.807) is 19.4 Å². The third kappa shape index (κ3) is 3.47. The van der Waals surface area contributed by atoms with E-state index < -0.39 is 6.10 Å². The highest BCUT2D eigenvalue weighted by atomic mass is 16.5. The molecule has 4 nitrogen and oxygen atoms in total.